The maximum absolute atomic E-state index is 13.0. The van der Waals surface area contributed by atoms with E-state index in [1.165, 1.54) is 7.11 Å². The Kier molecular flexibility index (Phi) is 7.03. The van der Waals surface area contributed by atoms with Crippen LogP contribution in [0.2, 0.25) is 0 Å². The molecule has 3 rings (SSSR count). The molecule has 0 aliphatic heterocycles. The summed E-state index contributed by atoms with van der Waals surface area (Å²) < 4.78 is 10.1. The number of rotatable bonds is 7. The Morgan fingerprint density at radius 3 is 2.60 bits per heavy atom. The van der Waals surface area contributed by atoms with Crippen LogP contribution in [0.3, 0.4) is 0 Å². The minimum absolute atomic E-state index is 0.187. The molecule has 1 aromatic heterocycles. The summed E-state index contributed by atoms with van der Waals surface area (Å²) in [7, 11) is 1.28. The van der Waals surface area contributed by atoms with Crippen molar-refractivity contribution in [3.05, 3.63) is 41.1 Å². The van der Waals surface area contributed by atoms with Gasteiger partial charge < -0.3 is 14.8 Å². The van der Waals surface area contributed by atoms with Crippen molar-refractivity contribution in [1.29, 1.82) is 0 Å². The maximum Gasteiger partial charge on any atom is 0.339 e. The number of carbonyl (C=O) groups is 3. The first kappa shape index (κ1) is 21.7. The van der Waals surface area contributed by atoms with Crippen molar-refractivity contribution >= 4 is 28.7 Å². The molecule has 0 saturated carbocycles. The first-order valence-electron chi connectivity index (χ1n) is 10.4. The van der Waals surface area contributed by atoms with Gasteiger partial charge in [-0.25, -0.2) is 9.59 Å². The molecule has 160 valence electrons. The molecule has 7 heteroatoms. The Hall–Kier alpha value is -2.96. The molecular weight excluding hydrogens is 384 g/mol. The zero-order chi connectivity index (χ0) is 21.7. The van der Waals surface area contributed by atoms with Crippen molar-refractivity contribution in [3.63, 3.8) is 0 Å². The van der Waals surface area contributed by atoms with Gasteiger partial charge in [0.1, 0.15) is 6.04 Å². The first-order chi connectivity index (χ1) is 14.4. The molecule has 0 fully saturated rings. The number of fused-ring (bicyclic) bond motifs is 2. The van der Waals surface area contributed by atoms with E-state index < -0.39 is 30.5 Å². The number of amides is 1. The zero-order valence-electron chi connectivity index (χ0n) is 17.7. The van der Waals surface area contributed by atoms with Crippen molar-refractivity contribution in [2.45, 2.75) is 52.0 Å². The number of esters is 2. The van der Waals surface area contributed by atoms with Gasteiger partial charge in [-0.05, 0) is 49.7 Å². The van der Waals surface area contributed by atoms with Crippen LogP contribution >= 0.6 is 0 Å². The molecule has 1 aliphatic carbocycles. The number of nitrogens with one attached hydrogen (secondary N) is 1. The Balaban J connectivity index is 1.75. The summed E-state index contributed by atoms with van der Waals surface area (Å²) in [6.07, 6.45) is 4.07. The van der Waals surface area contributed by atoms with Crippen molar-refractivity contribution in [3.8, 4) is 0 Å². The normalized spacial score (nSPS) is 14.1. The lowest BCUT2D eigenvalue weighted by Crippen LogP contribution is -2.44. The number of ether oxygens (including phenoxy) is 2. The van der Waals surface area contributed by atoms with Gasteiger partial charge in [-0.1, -0.05) is 32.0 Å². The van der Waals surface area contributed by atoms with Gasteiger partial charge in [0.15, 0.2) is 6.61 Å². The summed E-state index contributed by atoms with van der Waals surface area (Å²) in [6, 6.07) is 6.70. The summed E-state index contributed by atoms with van der Waals surface area (Å²) in [5, 5.41) is 3.33. The van der Waals surface area contributed by atoms with Gasteiger partial charge in [0.25, 0.3) is 5.91 Å². The summed E-state index contributed by atoms with van der Waals surface area (Å²) in [4.78, 5) is 41.9. The number of aryl methyl sites for hydroxylation is 1. The fraction of sp³-hybridized carbons (Fsp3) is 0.478. The molecule has 0 radical (unpaired) electrons. The Labute approximate surface area is 176 Å². The van der Waals surface area contributed by atoms with Crippen LogP contribution in [-0.2, 0) is 31.9 Å². The predicted octanol–water partition coefficient (Wildman–Crippen LogP) is 2.97. The molecule has 30 heavy (non-hydrogen) atoms. The SMILES string of the molecule is COC(=O)[C@@H](CC(C)C)NC(=O)COC(=O)c1c2c(nc3ccccc13)CCCC2. The molecule has 0 spiro atoms. The van der Waals surface area contributed by atoms with E-state index in [9.17, 15) is 14.4 Å². The predicted molar refractivity (Wildman–Crippen MR) is 112 cm³/mol. The Morgan fingerprint density at radius 1 is 1.13 bits per heavy atom. The molecule has 0 unspecified atom stereocenters. The fourth-order valence-corrected chi connectivity index (χ4v) is 3.87. The van der Waals surface area contributed by atoms with E-state index in [0.29, 0.717) is 12.0 Å². The van der Waals surface area contributed by atoms with Crippen molar-refractivity contribution in [1.82, 2.24) is 10.3 Å². The maximum atomic E-state index is 13.0. The van der Waals surface area contributed by atoms with Gasteiger partial charge in [-0.2, -0.15) is 0 Å². The molecule has 1 amide bonds. The van der Waals surface area contributed by atoms with Gasteiger partial charge in [0.05, 0.1) is 18.2 Å². The average molecular weight is 412 g/mol. The van der Waals surface area contributed by atoms with Gasteiger partial charge in [-0.3, -0.25) is 9.78 Å². The van der Waals surface area contributed by atoms with Crippen LogP contribution in [0.25, 0.3) is 10.9 Å². The van der Waals surface area contributed by atoms with E-state index in [4.69, 9.17) is 14.5 Å². The first-order valence-corrected chi connectivity index (χ1v) is 10.4. The van der Waals surface area contributed by atoms with Crippen molar-refractivity contribution in [2.24, 2.45) is 5.92 Å². The highest BCUT2D eigenvalue weighted by atomic mass is 16.5. The lowest BCUT2D eigenvalue weighted by Gasteiger charge is -2.20. The van der Waals surface area contributed by atoms with Crippen LogP contribution in [0, 0.1) is 5.92 Å². The fourth-order valence-electron chi connectivity index (χ4n) is 3.87. The monoisotopic (exact) mass is 412 g/mol. The largest absolute Gasteiger partial charge is 0.467 e. The van der Waals surface area contributed by atoms with Gasteiger partial charge >= 0.3 is 11.9 Å². The van der Waals surface area contributed by atoms with E-state index >= 15 is 0 Å². The quantitative estimate of drug-likeness (QED) is 0.703. The summed E-state index contributed by atoms with van der Waals surface area (Å²) in [5.74, 6) is -1.41. The number of para-hydroxylation sites is 1. The summed E-state index contributed by atoms with van der Waals surface area (Å²) in [6.45, 7) is 3.43. The van der Waals surface area contributed by atoms with E-state index in [1.807, 2.05) is 38.1 Å². The highest BCUT2D eigenvalue weighted by Gasteiger charge is 2.26. The standard InChI is InChI=1S/C23H28N2O5/c1-14(2)12-19(22(27)29-3)25-20(26)13-30-23(28)21-15-8-4-6-10-17(15)24-18-11-7-5-9-16(18)21/h4,6,8,10,14,19H,5,7,9,11-13H2,1-3H3,(H,25,26)/t19-/m1/s1. The van der Waals surface area contributed by atoms with E-state index in [1.54, 1.807) is 0 Å². The molecule has 1 aliphatic rings. The van der Waals surface area contributed by atoms with Crippen molar-refractivity contribution in [2.75, 3.05) is 13.7 Å². The molecule has 1 aromatic carbocycles. The lowest BCUT2D eigenvalue weighted by atomic mass is 9.90. The van der Waals surface area contributed by atoms with E-state index in [-0.39, 0.29) is 5.92 Å². The zero-order valence-corrected chi connectivity index (χ0v) is 17.7. The van der Waals surface area contributed by atoms with Crippen LogP contribution in [0.4, 0.5) is 0 Å². The molecule has 0 saturated heterocycles. The van der Waals surface area contributed by atoms with Crippen LogP contribution in [0.15, 0.2) is 24.3 Å². The van der Waals surface area contributed by atoms with Crippen LogP contribution in [0.1, 0.15) is 54.7 Å². The Bertz CT molecular complexity index is 954. The lowest BCUT2D eigenvalue weighted by molar-refractivity contribution is -0.145. The molecule has 7 nitrogen and oxygen atoms in total. The Morgan fingerprint density at radius 2 is 1.87 bits per heavy atom. The molecule has 1 N–H and O–H groups in total. The average Bonchev–Trinajstić information content (AvgIpc) is 2.74. The smallest absolute Gasteiger partial charge is 0.339 e. The van der Waals surface area contributed by atoms with Crippen LogP contribution in [0.5, 0.6) is 0 Å². The number of hydrogen-bond donors (Lipinski definition) is 1. The summed E-state index contributed by atoms with van der Waals surface area (Å²) >= 11 is 0. The second-order valence-electron chi connectivity index (χ2n) is 7.99. The van der Waals surface area contributed by atoms with Crippen LogP contribution in [-0.4, -0.2) is 42.6 Å². The van der Waals surface area contributed by atoms with Gasteiger partial charge in [-0.15, -0.1) is 0 Å². The third-order valence-corrected chi connectivity index (χ3v) is 5.24. The number of pyridine rings is 1. The van der Waals surface area contributed by atoms with E-state index in [2.05, 4.69) is 5.32 Å². The number of hydrogen-bond acceptors (Lipinski definition) is 6. The molecular formula is C23H28N2O5. The summed E-state index contributed by atoms with van der Waals surface area (Å²) in [5.41, 5.74) is 3.09. The van der Waals surface area contributed by atoms with Gasteiger partial charge in [0.2, 0.25) is 0 Å². The van der Waals surface area contributed by atoms with Crippen molar-refractivity contribution < 1.29 is 23.9 Å². The van der Waals surface area contributed by atoms with Gasteiger partial charge in [0, 0.05) is 11.1 Å². The highest BCUT2D eigenvalue weighted by Crippen LogP contribution is 2.29. The minimum atomic E-state index is -0.768. The number of carbonyl (C=O) groups excluding carboxylic acids is 3. The second-order valence-corrected chi connectivity index (χ2v) is 7.99. The second kappa shape index (κ2) is 9.69. The number of aromatic nitrogens is 1. The molecule has 1 atom stereocenters. The number of methoxy groups -OCH3 is 1. The molecule has 0 bridgehead atoms. The van der Waals surface area contributed by atoms with E-state index in [0.717, 1.165) is 47.8 Å². The topological polar surface area (TPSA) is 94.6 Å². The molecule has 2 aromatic rings. The number of nitrogens with zero attached hydrogens (tertiary/aromatic N) is 1. The third kappa shape index (κ3) is 4.96. The van der Waals surface area contributed by atoms with Crippen LogP contribution < -0.4 is 5.32 Å². The third-order valence-electron chi connectivity index (χ3n) is 5.24. The minimum Gasteiger partial charge on any atom is -0.467 e. The molecule has 1 heterocycles. The highest BCUT2D eigenvalue weighted by molar-refractivity contribution is 6.05. The number of benzene rings is 1.